The fourth-order valence-electron chi connectivity index (χ4n) is 4.61. The van der Waals surface area contributed by atoms with Crippen LogP contribution in [-0.4, -0.2) is 33.3 Å². The molecule has 0 bridgehead atoms. The Bertz CT molecular complexity index is 1330. The van der Waals surface area contributed by atoms with Gasteiger partial charge >= 0.3 is 0 Å². The van der Waals surface area contributed by atoms with Crippen molar-refractivity contribution in [3.63, 3.8) is 0 Å². The highest BCUT2D eigenvalue weighted by Crippen LogP contribution is 2.35. The molecule has 3 aromatic heterocycles. The summed E-state index contributed by atoms with van der Waals surface area (Å²) in [5, 5.41) is 10.2. The summed E-state index contributed by atoms with van der Waals surface area (Å²) in [4.78, 5) is 10.4. The van der Waals surface area contributed by atoms with Crippen LogP contribution < -0.4 is 4.90 Å². The number of aromatic nitrogens is 4. The number of pyridine rings is 1. The van der Waals surface area contributed by atoms with E-state index in [2.05, 4.69) is 73.6 Å². The van der Waals surface area contributed by atoms with E-state index in [4.69, 9.17) is 0 Å². The Morgan fingerprint density at radius 2 is 1.73 bits per heavy atom. The van der Waals surface area contributed by atoms with Crippen molar-refractivity contribution in [1.29, 1.82) is 0 Å². The monoisotopic (exact) mass is 393 g/mol. The summed E-state index contributed by atoms with van der Waals surface area (Å²) in [5.41, 5.74) is 7.77. The van der Waals surface area contributed by atoms with Gasteiger partial charge < -0.3 is 9.88 Å². The second-order valence-electron chi connectivity index (χ2n) is 8.04. The molecule has 4 heterocycles. The van der Waals surface area contributed by atoms with E-state index in [1.165, 1.54) is 30.3 Å². The SMILES string of the molecule is c1cncc(-c2ccc3[nH]nc(-c4cc5c(N6CCCCC6)cccc5[nH]4)c3c2)c1. The number of nitrogens with zero attached hydrogens (tertiary/aromatic N) is 3. The van der Waals surface area contributed by atoms with Crippen molar-refractivity contribution in [2.24, 2.45) is 0 Å². The maximum Gasteiger partial charge on any atom is 0.116 e. The lowest BCUT2D eigenvalue weighted by Gasteiger charge is -2.29. The number of piperidine rings is 1. The van der Waals surface area contributed by atoms with Gasteiger partial charge in [0, 0.05) is 53.0 Å². The molecule has 5 nitrogen and oxygen atoms in total. The van der Waals surface area contributed by atoms with Crippen LogP contribution in [0.5, 0.6) is 0 Å². The van der Waals surface area contributed by atoms with Crippen LogP contribution in [0.4, 0.5) is 5.69 Å². The largest absolute Gasteiger partial charge is 0.371 e. The van der Waals surface area contributed by atoms with E-state index in [9.17, 15) is 0 Å². The summed E-state index contributed by atoms with van der Waals surface area (Å²) in [6.07, 6.45) is 7.58. The van der Waals surface area contributed by atoms with Gasteiger partial charge in [0.1, 0.15) is 5.69 Å². The molecular formula is C25H23N5. The molecular weight excluding hydrogens is 370 g/mol. The molecule has 5 aromatic rings. The molecule has 0 atom stereocenters. The minimum Gasteiger partial charge on any atom is -0.371 e. The van der Waals surface area contributed by atoms with Crippen molar-refractivity contribution < 1.29 is 0 Å². The van der Waals surface area contributed by atoms with Crippen molar-refractivity contribution >= 4 is 27.5 Å². The lowest BCUT2D eigenvalue weighted by molar-refractivity contribution is 0.579. The predicted molar refractivity (Wildman–Crippen MR) is 123 cm³/mol. The number of hydrogen-bond donors (Lipinski definition) is 2. The number of anilines is 1. The van der Waals surface area contributed by atoms with Gasteiger partial charge in [-0.1, -0.05) is 18.2 Å². The van der Waals surface area contributed by atoms with Crippen molar-refractivity contribution in [2.45, 2.75) is 19.3 Å². The molecule has 0 spiro atoms. The molecule has 1 aliphatic rings. The van der Waals surface area contributed by atoms with E-state index in [0.717, 1.165) is 52.0 Å². The van der Waals surface area contributed by atoms with Gasteiger partial charge in [0.2, 0.25) is 0 Å². The molecule has 5 heteroatoms. The van der Waals surface area contributed by atoms with E-state index in [1.807, 2.05) is 12.3 Å². The highest BCUT2D eigenvalue weighted by molar-refractivity contribution is 6.00. The average Bonchev–Trinajstić information content (AvgIpc) is 3.43. The number of fused-ring (bicyclic) bond motifs is 2. The second kappa shape index (κ2) is 7.02. The van der Waals surface area contributed by atoms with Crippen molar-refractivity contribution in [3.05, 3.63) is 67.0 Å². The zero-order chi connectivity index (χ0) is 19.9. The Hall–Kier alpha value is -3.60. The van der Waals surface area contributed by atoms with Crippen LogP contribution in [0.1, 0.15) is 19.3 Å². The van der Waals surface area contributed by atoms with Gasteiger partial charge in [-0.25, -0.2) is 0 Å². The topological polar surface area (TPSA) is 60.6 Å². The van der Waals surface area contributed by atoms with Crippen LogP contribution in [-0.2, 0) is 0 Å². The van der Waals surface area contributed by atoms with Gasteiger partial charge in [0.05, 0.1) is 11.2 Å². The Morgan fingerprint density at radius 1 is 0.800 bits per heavy atom. The lowest BCUT2D eigenvalue weighted by Crippen LogP contribution is -2.29. The maximum absolute atomic E-state index is 4.65. The van der Waals surface area contributed by atoms with Crippen molar-refractivity contribution in [3.8, 4) is 22.5 Å². The van der Waals surface area contributed by atoms with Gasteiger partial charge in [-0.3, -0.25) is 10.1 Å². The third-order valence-electron chi connectivity index (χ3n) is 6.15. The summed E-state index contributed by atoms with van der Waals surface area (Å²) >= 11 is 0. The molecule has 2 N–H and O–H groups in total. The molecule has 0 radical (unpaired) electrons. The molecule has 1 aliphatic heterocycles. The standard InChI is InChI=1S/C25H23N5/c1-2-12-30(13-3-1)24-8-4-7-21-19(24)15-23(27-21)25-20-14-17(9-10-22(20)28-29-25)18-6-5-11-26-16-18/h4-11,14-16,27H,1-3,12-13H2,(H,28,29). The number of hydrogen-bond acceptors (Lipinski definition) is 3. The zero-order valence-electron chi connectivity index (χ0n) is 16.7. The molecule has 0 unspecified atom stereocenters. The first kappa shape index (κ1) is 17.3. The molecule has 0 amide bonds. The van der Waals surface area contributed by atoms with Crippen LogP contribution in [0.25, 0.3) is 44.3 Å². The fraction of sp³-hybridized carbons (Fsp3) is 0.200. The summed E-state index contributed by atoms with van der Waals surface area (Å²) in [6.45, 7) is 2.28. The average molecular weight is 393 g/mol. The van der Waals surface area contributed by atoms with E-state index in [1.54, 1.807) is 6.20 Å². The van der Waals surface area contributed by atoms with Crippen LogP contribution in [0, 0.1) is 0 Å². The normalized spacial score (nSPS) is 14.6. The number of rotatable bonds is 3. The minimum atomic E-state index is 0.955. The quantitative estimate of drug-likeness (QED) is 0.409. The summed E-state index contributed by atoms with van der Waals surface area (Å²) < 4.78 is 0. The highest BCUT2D eigenvalue weighted by atomic mass is 15.1. The summed E-state index contributed by atoms with van der Waals surface area (Å²) in [5.74, 6) is 0. The molecule has 148 valence electrons. The van der Waals surface area contributed by atoms with Gasteiger partial charge in [-0.05, 0) is 61.2 Å². The number of aromatic amines is 2. The van der Waals surface area contributed by atoms with Gasteiger partial charge in [-0.15, -0.1) is 0 Å². The molecule has 0 aliphatic carbocycles. The van der Waals surface area contributed by atoms with E-state index < -0.39 is 0 Å². The van der Waals surface area contributed by atoms with E-state index in [0.29, 0.717) is 0 Å². The third-order valence-corrected chi connectivity index (χ3v) is 6.15. The molecule has 1 saturated heterocycles. The molecule has 6 rings (SSSR count). The summed E-state index contributed by atoms with van der Waals surface area (Å²) in [7, 11) is 0. The lowest BCUT2D eigenvalue weighted by atomic mass is 10.0. The first-order valence-corrected chi connectivity index (χ1v) is 10.6. The van der Waals surface area contributed by atoms with Crippen LogP contribution in [0.3, 0.4) is 0 Å². The summed E-state index contributed by atoms with van der Waals surface area (Å²) in [6, 6.07) is 19.3. The molecule has 1 fully saturated rings. The predicted octanol–water partition coefficient (Wildman–Crippen LogP) is 5.76. The Labute approximate surface area is 174 Å². The van der Waals surface area contributed by atoms with Crippen molar-refractivity contribution in [2.75, 3.05) is 18.0 Å². The van der Waals surface area contributed by atoms with E-state index in [-0.39, 0.29) is 0 Å². The number of benzene rings is 2. The molecule has 2 aromatic carbocycles. The van der Waals surface area contributed by atoms with Gasteiger partial charge in [0.25, 0.3) is 0 Å². The number of H-pyrrole nitrogens is 2. The first-order valence-electron chi connectivity index (χ1n) is 10.6. The fourth-order valence-corrected chi connectivity index (χ4v) is 4.61. The Balaban J connectivity index is 1.47. The molecule has 0 saturated carbocycles. The third kappa shape index (κ3) is 2.86. The zero-order valence-corrected chi connectivity index (χ0v) is 16.7. The van der Waals surface area contributed by atoms with Crippen LogP contribution >= 0.6 is 0 Å². The van der Waals surface area contributed by atoms with Crippen LogP contribution in [0.2, 0.25) is 0 Å². The molecule has 30 heavy (non-hydrogen) atoms. The Morgan fingerprint density at radius 3 is 2.60 bits per heavy atom. The smallest absolute Gasteiger partial charge is 0.116 e. The maximum atomic E-state index is 4.65. The number of nitrogens with one attached hydrogen (secondary N) is 2. The first-order chi connectivity index (χ1) is 14.9. The van der Waals surface area contributed by atoms with Gasteiger partial charge in [-0.2, -0.15) is 5.10 Å². The van der Waals surface area contributed by atoms with Crippen molar-refractivity contribution in [1.82, 2.24) is 20.2 Å². The van der Waals surface area contributed by atoms with E-state index >= 15 is 0 Å². The Kier molecular flexibility index (Phi) is 4.04. The highest BCUT2D eigenvalue weighted by Gasteiger charge is 2.17. The second-order valence-corrected chi connectivity index (χ2v) is 8.04. The van der Waals surface area contributed by atoms with Crippen LogP contribution in [0.15, 0.2) is 67.0 Å². The minimum absolute atomic E-state index is 0.955. The van der Waals surface area contributed by atoms with Gasteiger partial charge in [0.15, 0.2) is 0 Å².